The van der Waals surface area contributed by atoms with Crippen LogP contribution in [0.3, 0.4) is 0 Å². The number of ether oxygens (including phenoxy) is 2. The van der Waals surface area contributed by atoms with Crippen molar-refractivity contribution in [1.82, 2.24) is 0 Å². The molecule has 1 aliphatic heterocycles. The second-order valence-corrected chi connectivity index (χ2v) is 15.4. The molecule has 0 unspecified atom stereocenters. The van der Waals surface area contributed by atoms with Crippen LogP contribution in [-0.4, -0.2) is 33.4 Å². The van der Waals surface area contributed by atoms with E-state index in [-0.39, 0.29) is 10.8 Å². The summed E-state index contributed by atoms with van der Waals surface area (Å²) in [5.74, 6) is 0.715. The first-order valence-corrected chi connectivity index (χ1v) is 14.4. The van der Waals surface area contributed by atoms with Crippen molar-refractivity contribution in [3.63, 3.8) is 0 Å². The van der Waals surface area contributed by atoms with Gasteiger partial charge in [-0.15, -0.1) is 0 Å². The molecule has 4 heteroatoms. The summed E-state index contributed by atoms with van der Waals surface area (Å²) in [7, 11) is -2.47. The van der Waals surface area contributed by atoms with Crippen LogP contribution in [0.25, 0.3) is 0 Å². The molecule has 5 rings (SSSR count). The van der Waals surface area contributed by atoms with E-state index in [1.54, 1.807) is 0 Å². The lowest BCUT2D eigenvalue weighted by Gasteiger charge is -2.55. The van der Waals surface area contributed by atoms with E-state index < -0.39 is 8.32 Å². The van der Waals surface area contributed by atoms with Gasteiger partial charge in [-0.3, -0.25) is 0 Å². The number of benzene rings is 2. The molecule has 3 aliphatic rings. The predicted molar refractivity (Wildman–Crippen MR) is 132 cm³/mol. The fraction of sp³-hybridized carbons (Fsp3) is 0.571. The summed E-state index contributed by atoms with van der Waals surface area (Å²) in [5, 5.41) is 2.73. The summed E-state index contributed by atoms with van der Waals surface area (Å²) in [6, 6.07) is 21.9. The minimum atomic E-state index is -2.47. The summed E-state index contributed by atoms with van der Waals surface area (Å²) >= 11 is 0. The molecule has 0 amide bonds. The third-order valence-corrected chi connectivity index (χ3v) is 13.1. The number of hydrogen-bond acceptors (Lipinski definition) is 3. The van der Waals surface area contributed by atoms with Gasteiger partial charge in [0.2, 0.25) is 0 Å². The first-order chi connectivity index (χ1) is 15.4. The maximum atomic E-state index is 7.18. The van der Waals surface area contributed by atoms with E-state index in [4.69, 9.17) is 13.9 Å². The van der Waals surface area contributed by atoms with Crippen LogP contribution < -0.4 is 10.4 Å². The Morgan fingerprint density at radius 1 is 0.906 bits per heavy atom. The molecular formula is C28H38O3Si. The number of hydrogen-bond donors (Lipinski definition) is 0. The van der Waals surface area contributed by atoms with Gasteiger partial charge in [-0.2, -0.15) is 0 Å². The lowest BCUT2D eigenvalue weighted by molar-refractivity contribution is -0.353. The highest BCUT2D eigenvalue weighted by atomic mass is 28.4. The van der Waals surface area contributed by atoms with Gasteiger partial charge in [-0.25, -0.2) is 0 Å². The van der Waals surface area contributed by atoms with Crippen LogP contribution in [0.15, 0.2) is 60.7 Å². The Morgan fingerprint density at radius 2 is 1.50 bits per heavy atom. The number of fused-ring (bicyclic) bond motifs is 1. The van der Waals surface area contributed by atoms with Crippen LogP contribution in [0.4, 0.5) is 0 Å². The SMILES string of the molecule is CC(C)(C)[Si](OC[C@@H]1C[C@H]2OC3(CCCCC3)OC[C@@H]12)(c1ccccc1)c1ccccc1. The Hall–Kier alpha value is -1.46. The Bertz CT molecular complexity index is 846. The molecule has 0 radical (unpaired) electrons. The standard InChI is InChI=1S/C28H38O3Si/c1-27(2,3)32(23-13-7-4-8-14-23,24-15-9-5-10-16-24)30-20-22-19-26-25(22)21-29-28(31-26)17-11-6-12-18-28/h4-5,7-10,13-16,22,25-26H,6,11-12,17-21H2,1-3H3/t22-,25-,26+/m0/s1. The smallest absolute Gasteiger partial charge is 0.261 e. The fourth-order valence-electron chi connectivity index (χ4n) is 6.23. The topological polar surface area (TPSA) is 27.7 Å². The van der Waals surface area contributed by atoms with E-state index in [0.29, 0.717) is 17.9 Å². The Morgan fingerprint density at radius 3 is 2.03 bits per heavy atom. The average molecular weight is 451 g/mol. The molecule has 2 aliphatic carbocycles. The first-order valence-electron chi connectivity index (χ1n) is 12.5. The molecule has 32 heavy (non-hydrogen) atoms. The van der Waals surface area contributed by atoms with Crippen molar-refractivity contribution in [2.24, 2.45) is 11.8 Å². The maximum absolute atomic E-state index is 7.18. The van der Waals surface area contributed by atoms with Gasteiger partial charge in [0.1, 0.15) is 0 Å². The molecule has 0 N–H and O–H groups in total. The predicted octanol–water partition coefficient (Wildman–Crippen LogP) is 5.27. The summed E-state index contributed by atoms with van der Waals surface area (Å²) in [5.41, 5.74) is 0. The molecular weight excluding hydrogens is 412 g/mol. The van der Waals surface area contributed by atoms with Gasteiger partial charge in [0, 0.05) is 25.4 Å². The highest BCUT2D eigenvalue weighted by Gasteiger charge is 2.54. The summed E-state index contributed by atoms with van der Waals surface area (Å²) in [4.78, 5) is 0. The lowest BCUT2D eigenvalue weighted by Crippen LogP contribution is -2.68. The van der Waals surface area contributed by atoms with Crippen molar-refractivity contribution in [2.45, 2.75) is 76.2 Å². The van der Waals surface area contributed by atoms with Crippen LogP contribution >= 0.6 is 0 Å². The molecule has 1 heterocycles. The second-order valence-electron chi connectivity index (χ2n) is 11.1. The van der Waals surface area contributed by atoms with Gasteiger partial charge in [-0.05, 0) is 40.6 Å². The minimum Gasteiger partial charge on any atom is -0.407 e. The van der Waals surface area contributed by atoms with Crippen molar-refractivity contribution in [1.29, 1.82) is 0 Å². The molecule has 2 aromatic carbocycles. The largest absolute Gasteiger partial charge is 0.407 e. The zero-order chi connectivity index (χ0) is 22.2. The first kappa shape index (κ1) is 22.3. The van der Waals surface area contributed by atoms with Crippen molar-refractivity contribution in [2.75, 3.05) is 13.2 Å². The Balaban J connectivity index is 1.36. The number of rotatable bonds is 5. The van der Waals surface area contributed by atoms with Crippen LogP contribution in [0.1, 0.15) is 59.3 Å². The van der Waals surface area contributed by atoms with Gasteiger partial charge in [-0.1, -0.05) is 87.9 Å². The molecule has 0 aromatic heterocycles. The fourth-order valence-corrected chi connectivity index (χ4v) is 10.9. The van der Waals surface area contributed by atoms with E-state index >= 15 is 0 Å². The van der Waals surface area contributed by atoms with E-state index in [2.05, 4.69) is 81.4 Å². The van der Waals surface area contributed by atoms with Crippen molar-refractivity contribution < 1.29 is 13.9 Å². The molecule has 1 spiro atoms. The van der Waals surface area contributed by atoms with Crippen LogP contribution in [-0.2, 0) is 13.9 Å². The summed E-state index contributed by atoms with van der Waals surface area (Å²) in [6.45, 7) is 8.67. The summed E-state index contributed by atoms with van der Waals surface area (Å²) in [6.07, 6.45) is 7.38. The monoisotopic (exact) mass is 450 g/mol. The van der Waals surface area contributed by atoms with Crippen molar-refractivity contribution in [3.8, 4) is 0 Å². The van der Waals surface area contributed by atoms with Gasteiger partial charge in [0.25, 0.3) is 8.32 Å². The van der Waals surface area contributed by atoms with Crippen LogP contribution in [0, 0.1) is 11.8 Å². The van der Waals surface area contributed by atoms with Gasteiger partial charge in [0.15, 0.2) is 5.79 Å². The molecule has 1 saturated heterocycles. The molecule has 172 valence electrons. The zero-order valence-corrected chi connectivity index (χ0v) is 20.9. The zero-order valence-electron chi connectivity index (χ0n) is 19.9. The normalized spacial score (nSPS) is 27.5. The highest BCUT2D eigenvalue weighted by Crippen LogP contribution is 2.48. The molecule has 2 saturated carbocycles. The van der Waals surface area contributed by atoms with Gasteiger partial charge in [0.05, 0.1) is 12.7 Å². The Labute approximate surface area is 194 Å². The van der Waals surface area contributed by atoms with Crippen LogP contribution in [0.5, 0.6) is 0 Å². The van der Waals surface area contributed by atoms with E-state index in [9.17, 15) is 0 Å². The summed E-state index contributed by atoms with van der Waals surface area (Å²) < 4.78 is 20.1. The van der Waals surface area contributed by atoms with Crippen LogP contribution in [0.2, 0.25) is 5.04 Å². The lowest BCUT2D eigenvalue weighted by atomic mass is 9.70. The maximum Gasteiger partial charge on any atom is 0.261 e. The van der Waals surface area contributed by atoms with Crippen molar-refractivity contribution in [3.05, 3.63) is 60.7 Å². The second kappa shape index (κ2) is 8.71. The third kappa shape index (κ3) is 3.89. The van der Waals surface area contributed by atoms with E-state index in [1.165, 1.54) is 29.6 Å². The highest BCUT2D eigenvalue weighted by molar-refractivity contribution is 6.99. The Kier molecular flexibility index (Phi) is 6.08. The van der Waals surface area contributed by atoms with Gasteiger partial charge >= 0.3 is 0 Å². The van der Waals surface area contributed by atoms with Gasteiger partial charge < -0.3 is 13.9 Å². The molecule has 2 aromatic rings. The van der Waals surface area contributed by atoms with E-state index in [0.717, 1.165) is 32.5 Å². The average Bonchev–Trinajstić information content (AvgIpc) is 2.79. The molecule has 0 bridgehead atoms. The molecule has 3 nitrogen and oxygen atoms in total. The molecule has 3 atom stereocenters. The minimum absolute atomic E-state index is 0.0184. The van der Waals surface area contributed by atoms with Crippen molar-refractivity contribution >= 4 is 18.7 Å². The third-order valence-electron chi connectivity index (χ3n) is 8.07. The quantitative estimate of drug-likeness (QED) is 0.581. The molecule has 3 fully saturated rings. The van der Waals surface area contributed by atoms with E-state index in [1.807, 2.05) is 0 Å².